The lowest BCUT2D eigenvalue weighted by Crippen LogP contribution is -2.34. The summed E-state index contributed by atoms with van der Waals surface area (Å²) in [6.07, 6.45) is 9.20. The smallest absolute Gasteiger partial charge is 0.244 e. The predicted molar refractivity (Wildman–Crippen MR) is 141 cm³/mol. The van der Waals surface area contributed by atoms with E-state index in [-0.39, 0.29) is 11.5 Å². The number of hydrogen-bond acceptors (Lipinski definition) is 6. The van der Waals surface area contributed by atoms with Gasteiger partial charge in [-0.15, -0.1) is 0 Å². The number of rotatable bonds is 7. The van der Waals surface area contributed by atoms with E-state index in [0.29, 0.717) is 24.2 Å². The van der Waals surface area contributed by atoms with Crippen molar-refractivity contribution in [2.45, 2.75) is 56.6 Å². The van der Waals surface area contributed by atoms with Crippen LogP contribution in [0.4, 0.5) is 0 Å². The highest BCUT2D eigenvalue weighted by Crippen LogP contribution is 2.60. The van der Waals surface area contributed by atoms with Gasteiger partial charge in [-0.1, -0.05) is 54.0 Å². The van der Waals surface area contributed by atoms with E-state index in [9.17, 15) is 0 Å². The largest absolute Gasteiger partial charge is 0.487 e. The first kappa shape index (κ1) is 22.7. The molecule has 4 atom stereocenters. The third-order valence-electron chi connectivity index (χ3n) is 8.79. The Kier molecular flexibility index (Phi) is 5.77. The van der Waals surface area contributed by atoms with E-state index in [1.807, 2.05) is 18.2 Å². The van der Waals surface area contributed by atoms with Crippen molar-refractivity contribution < 1.29 is 9.26 Å². The van der Waals surface area contributed by atoms with Crippen LogP contribution in [0.3, 0.4) is 0 Å². The Morgan fingerprint density at radius 3 is 2.46 bits per heavy atom. The average molecular weight is 493 g/mol. The molecule has 3 heterocycles. The summed E-state index contributed by atoms with van der Waals surface area (Å²) >= 11 is 0. The summed E-state index contributed by atoms with van der Waals surface area (Å²) in [6.45, 7) is 1.49. The number of fused-ring (bicyclic) bond motifs is 2. The van der Waals surface area contributed by atoms with Crippen LogP contribution in [0.5, 0.6) is 5.75 Å². The van der Waals surface area contributed by atoms with Crippen LogP contribution in [0.2, 0.25) is 0 Å². The number of hydrogen-bond donors (Lipinski definition) is 1. The standard InChI is InChI=1S/C31H32N4O2/c1-2-16-32-26(4-1)20-36-27-14-12-24(13-15-27)31(19-21-6-9-25(31)18-21)23-10-7-22(8-11-23)29-34-30(37-35-29)28-5-3-17-33-28/h1-2,4,7-8,10-16,21,25,28,33H,3,5-6,9,17-20H2. The van der Waals surface area contributed by atoms with Gasteiger partial charge < -0.3 is 14.6 Å². The van der Waals surface area contributed by atoms with Crippen molar-refractivity contribution in [2.24, 2.45) is 11.8 Å². The van der Waals surface area contributed by atoms with Crippen LogP contribution in [0.1, 0.15) is 67.3 Å². The van der Waals surface area contributed by atoms with Gasteiger partial charge in [0.25, 0.3) is 0 Å². The van der Waals surface area contributed by atoms with Crippen molar-refractivity contribution in [2.75, 3.05) is 6.54 Å². The minimum absolute atomic E-state index is 0.0527. The molecule has 188 valence electrons. The fourth-order valence-corrected chi connectivity index (χ4v) is 7.00. The Morgan fingerprint density at radius 2 is 1.78 bits per heavy atom. The second kappa shape index (κ2) is 9.42. The van der Waals surface area contributed by atoms with Gasteiger partial charge in [0.15, 0.2) is 0 Å². The van der Waals surface area contributed by atoms with Gasteiger partial charge in [0.2, 0.25) is 11.7 Å². The van der Waals surface area contributed by atoms with E-state index in [1.54, 1.807) is 6.20 Å². The molecule has 2 aromatic carbocycles. The molecule has 37 heavy (non-hydrogen) atoms. The van der Waals surface area contributed by atoms with E-state index in [0.717, 1.165) is 42.3 Å². The maximum Gasteiger partial charge on any atom is 0.244 e. The fraction of sp³-hybridized carbons (Fsp3) is 0.387. The highest BCUT2D eigenvalue weighted by atomic mass is 16.5. The minimum atomic E-state index is 0.0527. The molecule has 3 aliphatic rings. The summed E-state index contributed by atoms with van der Waals surface area (Å²) in [5, 5.41) is 7.71. The zero-order chi connectivity index (χ0) is 24.7. The summed E-state index contributed by atoms with van der Waals surface area (Å²) in [5.41, 5.74) is 4.79. The number of aromatic nitrogens is 3. The van der Waals surface area contributed by atoms with E-state index in [4.69, 9.17) is 14.2 Å². The van der Waals surface area contributed by atoms with Crippen molar-refractivity contribution in [1.29, 1.82) is 0 Å². The zero-order valence-electron chi connectivity index (χ0n) is 21.0. The lowest BCUT2D eigenvalue weighted by molar-refractivity contribution is 0.299. The van der Waals surface area contributed by atoms with Crippen LogP contribution in [0.25, 0.3) is 11.4 Å². The molecule has 4 unspecified atom stereocenters. The summed E-state index contributed by atoms with van der Waals surface area (Å²) in [4.78, 5) is 9.05. The van der Waals surface area contributed by atoms with Crippen LogP contribution in [-0.2, 0) is 12.0 Å². The molecular weight excluding hydrogens is 460 g/mol. The Morgan fingerprint density at radius 1 is 0.946 bits per heavy atom. The third kappa shape index (κ3) is 4.13. The van der Waals surface area contributed by atoms with Crippen LogP contribution in [0.15, 0.2) is 77.4 Å². The van der Waals surface area contributed by atoms with Gasteiger partial charge in [-0.05, 0) is 85.9 Å². The first-order chi connectivity index (χ1) is 18.3. The molecule has 1 N–H and O–H groups in total. The van der Waals surface area contributed by atoms with Gasteiger partial charge in [0, 0.05) is 17.2 Å². The number of nitrogens with one attached hydrogen (secondary N) is 1. The monoisotopic (exact) mass is 492 g/mol. The zero-order valence-corrected chi connectivity index (χ0v) is 21.0. The first-order valence-corrected chi connectivity index (χ1v) is 13.6. The Hall–Kier alpha value is -3.51. The van der Waals surface area contributed by atoms with Crippen LogP contribution < -0.4 is 10.1 Å². The van der Waals surface area contributed by atoms with Gasteiger partial charge in [-0.25, -0.2) is 0 Å². The molecule has 1 saturated heterocycles. The molecule has 7 rings (SSSR count). The summed E-state index contributed by atoms with van der Waals surface area (Å²) < 4.78 is 11.6. The molecule has 3 fully saturated rings. The molecule has 6 nitrogen and oxygen atoms in total. The van der Waals surface area contributed by atoms with Crippen LogP contribution in [0, 0.1) is 11.8 Å². The Labute approximate surface area is 217 Å². The molecule has 1 aliphatic heterocycles. The maximum absolute atomic E-state index is 6.02. The topological polar surface area (TPSA) is 73.1 Å². The SMILES string of the molecule is c1ccc(COc2ccc(C3(c4ccc(-c5noc(C6CCCN6)n5)cc4)CC4CCC3C4)cc2)nc1. The maximum atomic E-state index is 6.02. The number of benzene rings is 2. The van der Waals surface area contributed by atoms with Gasteiger partial charge in [-0.3, -0.25) is 4.98 Å². The number of pyridine rings is 1. The molecule has 2 bridgehead atoms. The Balaban J connectivity index is 1.14. The fourth-order valence-electron chi connectivity index (χ4n) is 7.00. The summed E-state index contributed by atoms with van der Waals surface area (Å²) in [6, 6.07) is 23.8. The van der Waals surface area contributed by atoms with Gasteiger partial charge >= 0.3 is 0 Å². The minimum Gasteiger partial charge on any atom is -0.487 e. The third-order valence-corrected chi connectivity index (χ3v) is 8.79. The normalized spacial score (nSPS) is 26.5. The van der Waals surface area contributed by atoms with E-state index in [2.05, 4.69) is 64.0 Å². The van der Waals surface area contributed by atoms with E-state index in [1.165, 1.54) is 36.8 Å². The summed E-state index contributed by atoms with van der Waals surface area (Å²) in [7, 11) is 0. The predicted octanol–water partition coefficient (Wildman–Crippen LogP) is 6.24. The molecule has 2 aromatic heterocycles. The molecule has 2 saturated carbocycles. The molecule has 0 radical (unpaired) electrons. The first-order valence-electron chi connectivity index (χ1n) is 13.6. The van der Waals surface area contributed by atoms with Crippen molar-refractivity contribution in [3.8, 4) is 17.1 Å². The van der Waals surface area contributed by atoms with Gasteiger partial charge in [0.1, 0.15) is 12.4 Å². The van der Waals surface area contributed by atoms with Crippen molar-refractivity contribution >= 4 is 0 Å². The van der Waals surface area contributed by atoms with Gasteiger partial charge in [-0.2, -0.15) is 4.98 Å². The molecule has 0 spiro atoms. The molecule has 6 heteroatoms. The van der Waals surface area contributed by atoms with Crippen LogP contribution in [-0.4, -0.2) is 21.7 Å². The summed E-state index contributed by atoms with van der Waals surface area (Å²) in [5.74, 6) is 3.74. The quantitative estimate of drug-likeness (QED) is 0.329. The second-order valence-electron chi connectivity index (χ2n) is 10.9. The number of nitrogens with zero attached hydrogens (tertiary/aromatic N) is 3. The van der Waals surface area contributed by atoms with Crippen molar-refractivity contribution in [3.63, 3.8) is 0 Å². The second-order valence-corrected chi connectivity index (χ2v) is 10.9. The lowest BCUT2D eigenvalue weighted by atomic mass is 9.64. The average Bonchev–Trinajstić information content (AvgIpc) is 3.78. The van der Waals surface area contributed by atoms with Crippen LogP contribution >= 0.6 is 0 Å². The van der Waals surface area contributed by atoms with E-state index >= 15 is 0 Å². The highest BCUT2D eigenvalue weighted by molar-refractivity contribution is 5.57. The van der Waals surface area contributed by atoms with Gasteiger partial charge in [0.05, 0.1) is 11.7 Å². The molecule has 2 aliphatic carbocycles. The lowest BCUT2D eigenvalue weighted by Gasteiger charge is -2.39. The Bertz CT molecular complexity index is 1350. The molecular formula is C31H32N4O2. The van der Waals surface area contributed by atoms with E-state index < -0.39 is 0 Å². The molecule has 4 aromatic rings. The highest BCUT2D eigenvalue weighted by Gasteiger charge is 2.52. The van der Waals surface area contributed by atoms with Crippen molar-refractivity contribution in [3.05, 3.63) is 95.6 Å². The van der Waals surface area contributed by atoms with Crippen molar-refractivity contribution in [1.82, 2.24) is 20.4 Å². The number of ether oxygens (including phenoxy) is 1. The molecule has 0 amide bonds.